The molecule has 0 spiro atoms. The molecule has 0 fully saturated rings. The van der Waals surface area contributed by atoms with Crippen molar-refractivity contribution in [1.29, 1.82) is 0 Å². The number of rotatable bonds is 0. The van der Waals surface area contributed by atoms with E-state index in [-0.39, 0.29) is 5.69 Å². The van der Waals surface area contributed by atoms with E-state index in [1.165, 1.54) is 11.3 Å². The summed E-state index contributed by atoms with van der Waals surface area (Å²) in [6.45, 7) is 0. The van der Waals surface area contributed by atoms with E-state index >= 15 is 0 Å². The number of para-hydroxylation sites is 1. The minimum absolute atomic E-state index is 0.211. The van der Waals surface area contributed by atoms with Crippen molar-refractivity contribution in [2.45, 2.75) is 0 Å². The molecular weight excluding hydrogens is 226 g/mol. The highest BCUT2D eigenvalue weighted by Crippen LogP contribution is 2.24. The van der Waals surface area contributed by atoms with Gasteiger partial charge in [0.05, 0.1) is 10.2 Å². The lowest BCUT2D eigenvalue weighted by molar-refractivity contribution is 1.03. The molecule has 2 heterocycles. The average molecular weight is 231 g/mol. The Morgan fingerprint density at radius 3 is 2.81 bits per heavy atom. The molecule has 0 radical (unpaired) electrons. The first-order valence-electron chi connectivity index (χ1n) is 4.54. The van der Waals surface area contributed by atoms with Crippen LogP contribution in [0.4, 0.5) is 0 Å². The number of nitrogens with zero attached hydrogens (tertiary/aromatic N) is 2. The van der Waals surface area contributed by atoms with Crippen LogP contribution >= 0.6 is 11.3 Å². The number of hydrogen-bond acceptors (Lipinski definition) is 5. The molecule has 3 rings (SSSR count). The molecule has 0 amide bonds. The van der Waals surface area contributed by atoms with E-state index in [2.05, 4.69) is 15.0 Å². The zero-order chi connectivity index (χ0) is 11.1. The Balaban J connectivity index is 2.57. The molecule has 2 aliphatic rings. The van der Waals surface area contributed by atoms with Crippen LogP contribution in [0.1, 0.15) is 0 Å². The van der Waals surface area contributed by atoms with Crippen LogP contribution in [0, 0.1) is 0 Å². The van der Waals surface area contributed by atoms with Gasteiger partial charge in [-0.1, -0.05) is 12.1 Å². The molecule has 0 aliphatic carbocycles. The molecule has 1 aromatic carbocycles. The third-order valence-corrected chi connectivity index (χ3v) is 3.19. The van der Waals surface area contributed by atoms with Crippen molar-refractivity contribution in [3.8, 4) is 10.7 Å². The van der Waals surface area contributed by atoms with Gasteiger partial charge in [-0.2, -0.15) is 4.98 Å². The molecule has 16 heavy (non-hydrogen) atoms. The second-order valence-corrected chi connectivity index (χ2v) is 4.24. The van der Waals surface area contributed by atoms with Gasteiger partial charge in [-0.05, 0) is 12.1 Å². The van der Waals surface area contributed by atoms with Crippen molar-refractivity contribution < 1.29 is 0 Å². The van der Waals surface area contributed by atoms with Crippen LogP contribution in [0.25, 0.3) is 20.9 Å². The van der Waals surface area contributed by atoms with Crippen molar-refractivity contribution in [1.82, 2.24) is 15.0 Å². The lowest BCUT2D eigenvalue weighted by Gasteiger charge is -2.02. The summed E-state index contributed by atoms with van der Waals surface area (Å²) in [5, 5.41) is 0.368. The third kappa shape index (κ3) is 1.31. The van der Waals surface area contributed by atoms with Crippen LogP contribution in [0.5, 0.6) is 0 Å². The second-order valence-electron chi connectivity index (χ2n) is 3.21. The number of nitrogens with one attached hydrogen (secondary N) is 1. The predicted molar refractivity (Wildman–Crippen MR) is 60.9 cm³/mol. The van der Waals surface area contributed by atoms with E-state index in [9.17, 15) is 9.59 Å². The van der Waals surface area contributed by atoms with Crippen molar-refractivity contribution in [2.75, 3.05) is 0 Å². The van der Waals surface area contributed by atoms with Crippen LogP contribution in [-0.4, -0.2) is 15.0 Å². The maximum absolute atomic E-state index is 11.5. The van der Waals surface area contributed by atoms with Crippen LogP contribution < -0.4 is 11.2 Å². The maximum Gasteiger partial charge on any atom is 0.349 e. The fourth-order valence-electron chi connectivity index (χ4n) is 1.46. The lowest BCUT2D eigenvalue weighted by Crippen LogP contribution is -2.25. The van der Waals surface area contributed by atoms with Gasteiger partial charge < -0.3 is 0 Å². The molecule has 1 aromatic rings. The van der Waals surface area contributed by atoms with Crippen LogP contribution in [-0.2, 0) is 0 Å². The number of H-pyrrole nitrogens is 1. The number of hydrogen-bond donors (Lipinski definition) is 1. The number of benzene rings is 1. The van der Waals surface area contributed by atoms with Gasteiger partial charge >= 0.3 is 5.69 Å². The SMILES string of the molecule is O=c1nc2sc3ccccc3nc-2c(=O)[nH]1. The summed E-state index contributed by atoms with van der Waals surface area (Å²) in [7, 11) is 0. The number of fused-ring (bicyclic) bond motifs is 2. The molecule has 78 valence electrons. The molecule has 5 nitrogen and oxygen atoms in total. The normalized spacial score (nSPS) is 11.0. The highest BCUT2D eigenvalue weighted by molar-refractivity contribution is 7.21. The summed E-state index contributed by atoms with van der Waals surface area (Å²) in [5.41, 5.74) is -0.183. The van der Waals surface area contributed by atoms with Gasteiger partial charge in [0.1, 0.15) is 0 Å². The smallest absolute Gasteiger partial charge is 0.271 e. The summed E-state index contributed by atoms with van der Waals surface area (Å²) in [5.74, 6) is 0. The molecule has 0 aromatic heterocycles. The highest BCUT2D eigenvalue weighted by Gasteiger charge is 2.12. The molecule has 0 unspecified atom stereocenters. The van der Waals surface area contributed by atoms with E-state index in [1.54, 1.807) is 0 Å². The first-order chi connectivity index (χ1) is 7.74. The molecule has 0 saturated heterocycles. The third-order valence-electron chi connectivity index (χ3n) is 2.15. The maximum atomic E-state index is 11.5. The Hall–Kier alpha value is -2.08. The lowest BCUT2D eigenvalue weighted by atomic mass is 10.3. The minimum Gasteiger partial charge on any atom is -0.271 e. The molecule has 0 atom stereocenters. The van der Waals surface area contributed by atoms with E-state index in [1.807, 2.05) is 24.3 Å². The van der Waals surface area contributed by atoms with Gasteiger partial charge in [0.25, 0.3) is 5.56 Å². The highest BCUT2D eigenvalue weighted by atomic mass is 32.1. The van der Waals surface area contributed by atoms with E-state index in [4.69, 9.17) is 0 Å². The van der Waals surface area contributed by atoms with E-state index in [0.29, 0.717) is 5.01 Å². The van der Waals surface area contributed by atoms with Crippen molar-refractivity contribution in [3.05, 3.63) is 45.1 Å². The molecule has 0 bridgehead atoms. The number of aromatic amines is 1. The summed E-state index contributed by atoms with van der Waals surface area (Å²) < 4.78 is 0.896. The van der Waals surface area contributed by atoms with Gasteiger partial charge in [-0.3, -0.25) is 9.78 Å². The molecule has 1 N–H and O–H groups in total. The van der Waals surface area contributed by atoms with Gasteiger partial charge in [0, 0.05) is 0 Å². The summed E-state index contributed by atoms with van der Waals surface area (Å²) in [6.07, 6.45) is 0. The predicted octanol–water partition coefficient (Wildman–Crippen LogP) is 0.845. The summed E-state index contributed by atoms with van der Waals surface area (Å²) in [6, 6.07) is 7.41. The molecule has 6 heteroatoms. The van der Waals surface area contributed by atoms with Crippen LogP contribution in [0.2, 0.25) is 0 Å². The Kier molecular flexibility index (Phi) is 1.84. The summed E-state index contributed by atoms with van der Waals surface area (Å²) in [4.78, 5) is 32.6. The van der Waals surface area contributed by atoms with Crippen molar-refractivity contribution >= 4 is 21.6 Å². The minimum atomic E-state index is -0.633. The Bertz CT molecular complexity index is 762. The largest absolute Gasteiger partial charge is 0.349 e. The Morgan fingerprint density at radius 2 is 1.94 bits per heavy atom. The fourth-order valence-corrected chi connectivity index (χ4v) is 2.39. The van der Waals surface area contributed by atoms with Gasteiger partial charge in [-0.15, -0.1) is 11.3 Å². The first-order valence-corrected chi connectivity index (χ1v) is 5.35. The fraction of sp³-hybridized carbons (Fsp3) is 0. The second kappa shape index (κ2) is 3.21. The van der Waals surface area contributed by atoms with E-state index < -0.39 is 11.2 Å². The monoisotopic (exact) mass is 231 g/mol. The zero-order valence-corrected chi connectivity index (χ0v) is 8.75. The Labute approximate surface area is 92.8 Å². The Morgan fingerprint density at radius 1 is 1.12 bits per heavy atom. The average Bonchev–Trinajstić information content (AvgIpc) is 2.27. The van der Waals surface area contributed by atoms with E-state index in [0.717, 1.165) is 10.2 Å². The van der Waals surface area contributed by atoms with Crippen molar-refractivity contribution in [3.63, 3.8) is 0 Å². The quantitative estimate of drug-likeness (QED) is 0.582. The zero-order valence-electron chi connectivity index (χ0n) is 7.93. The summed E-state index contributed by atoms with van der Waals surface area (Å²) >= 11 is 1.29. The first kappa shape index (κ1) is 9.17. The van der Waals surface area contributed by atoms with Gasteiger partial charge in [0.2, 0.25) is 0 Å². The van der Waals surface area contributed by atoms with Crippen LogP contribution in [0.3, 0.4) is 0 Å². The van der Waals surface area contributed by atoms with Crippen LogP contribution in [0.15, 0.2) is 33.9 Å². The van der Waals surface area contributed by atoms with Crippen molar-refractivity contribution in [2.24, 2.45) is 0 Å². The van der Waals surface area contributed by atoms with Gasteiger partial charge in [0.15, 0.2) is 10.7 Å². The van der Waals surface area contributed by atoms with Gasteiger partial charge in [-0.25, -0.2) is 9.78 Å². The molecular formula is C10H5N3O2S. The molecule has 2 aliphatic heterocycles. The number of aromatic nitrogens is 3. The topological polar surface area (TPSA) is 75.7 Å². The molecule has 0 saturated carbocycles. The standard InChI is InChI=1S/C10H5N3O2S/c14-8-7-9(13-10(15)12-8)16-6-4-2-1-3-5(6)11-7/h1-4H,(H,12,14,15).